The van der Waals surface area contributed by atoms with E-state index in [0.29, 0.717) is 11.5 Å². The van der Waals surface area contributed by atoms with Crippen LogP contribution in [0.2, 0.25) is 0 Å². The van der Waals surface area contributed by atoms with E-state index in [1.54, 1.807) is 12.1 Å². The highest BCUT2D eigenvalue weighted by Gasteiger charge is 2.40. The van der Waals surface area contributed by atoms with Crippen molar-refractivity contribution in [3.8, 4) is 11.8 Å². The molecule has 122 valence electrons. The molecule has 23 heavy (non-hydrogen) atoms. The number of amides is 1. The van der Waals surface area contributed by atoms with Crippen molar-refractivity contribution in [2.45, 2.75) is 51.6 Å². The molecule has 4 heteroatoms. The summed E-state index contributed by atoms with van der Waals surface area (Å²) in [4.78, 5) is 14.7. The predicted octanol–water partition coefficient (Wildman–Crippen LogP) is 3.51. The van der Waals surface area contributed by atoms with Gasteiger partial charge in [-0.25, -0.2) is 0 Å². The van der Waals surface area contributed by atoms with E-state index >= 15 is 0 Å². The Kier molecular flexibility index (Phi) is 4.56. The molecule has 4 nitrogen and oxygen atoms in total. The summed E-state index contributed by atoms with van der Waals surface area (Å²) in [6.45, 7) is 3.67. The number of rotatable bonds is 3. The molecule has 1 aromatic rings. The van der Waals surface area contributed by atoms with Gasteiger partial charge in [0, 0.05) is 31.3 Å². The third kappa shape index (κ3) is 3.50. The van der Waals surface area contributed by atoms with Crippen LogP contribution in [0.25, 0.3) is 0 Å². The fourth-order valence-corrected chi connectivity index (χ4v) is 3.76. The Bertz CT molecular complexity index is 606. The van der Waals surface area contributed by atoms with Gasteiger partial charge in [-0.1, -0.05) is 25.8 Å². The molecule has 0 radical (unpaired) electrons. The number of benzene rings is 1. The van der Waals surface area contributed by atoms with Crippen LogP contribution in [0, 0.1) is 16.7 Å². The van der Waals surface area contributed by atoms with Crippen molar-refractivity contribution in [3.05, 3.63) is 29.8 Å². The number of ether oxygens (including phenoxy) is 1. The number of carbonyl (C=O) groups is 1. The number of carbonyl (C=O) groups excluding carboxylic acids is 1. The maximum Gasteiger partial charge on any atom is 0.228 e. The first kappa shape index (κ1) is 15.9. The summed E-state index contributed by atoms with van der Waals surface area (Å²) in [7, 11) is 0. The number of piperidine rings is 1. The van der Waals surface area contributed by atoms with Crippen molar-refractivity contribution in [3.63, 3.8) is 0 Å². The Balaban J connectivity index is 1.54. The highest BCUT2D eigenvalue weighted by Crippen LogP contribution is 2.39. The van der Waals surface area contributed by atoms with Crippen LogP contribution in [0.4, 0.5) is 0 Å². The lowest BCUT2D eigenvalue weighted by molar-refractivity contribution is -0.142. The second kappa shape index (κ2) is 6.62. The molecule has 1 aliphatic carbocycles. The van der Waals surface area contributed by atoms with Gasteiger partial charge in [0.05, 0.1) is 11.6 Å². The van der Waals surface area contributed by atoms with E-state index < -0.39 is 0 Å². The van der Waals surface area contributed by atoms with Gasteiger partial charge in [0.15, 0.2) is 0 Å². The van der Waals surface area contributed by atoms with E-state index in [-0.39, 0.29) is 11.5 Å². The van der Waals surface area contributed by atoms with Gasteiger partial charge in [-0.3, -0.25) is 4.79 Å². The zero-order valence-corrected chi connectivity index (χ0v) is 13.8. The van der Waals surface area contributed by atoms with Crippen LogP contribution in [0.3, 0.4) is 0 Å². The molecule has 3 rings (SSSR count). The van der Waals surface area contributed by atoms with E-state index in [9.17, 15) is 4.79 Å². The fraction of sp³-hybridized carbons (Fsp3) is 0.579. The number of hydrogen-bond donors (Lipinski definition) is 0. The maximum atomic E-state index is 12.7. The molecule has 1 saturated heterocycles. The Labute approximate surface area is 138 Å². The van der Waals surface area contributed by atoms with Gasteiger partial charge in [0.1, 0.15) is 11.9 Å². The largest absolute Gasteiger partial charge is 0.490 e. The molecule has 0 spiro atoms. The highest BCUT2D eigenvalue weighted by molar-refractivity contribution is 5.82. The highest BCUT2D eigenvalue weighted by atomic mass is 16.5. The first-order valence-corrected chi connectivity index (χ1v) is 8.57. The summed E-state index contributed by atoms with van der Waals surface area (Å²) in [5.74, 6) is 1.08. The van der Waals surface area contributed by atoms with Gasteiger partial charge in [-0.05, 0) is 31.0 Å². The molecule has 1 heterocycles. The van der Waals surface area contributed by atoms with Crippen LogP contribution in [0.1, 0.15) is 51.0 Å². The third-order valence-corrected chi connectivity index (χ3v) is 5.22. The monoisotopic (exact) mass is 312 g/mol. The van der Waals surface area contributed by atoms with Gasteiger partial charge in [0.25, 0.3) is 0 Å². The molecule has 0 bridgehead atoms. The Morgan fingerprint density at radius 3 is 2.65 bits per heavy atom. The van der Waals surface area contributed by atoms with Gasteiger partial charge >= 0.3 is 0 Å². The molecule has 0 atom stereocenters. The molecule has 1 amide bonds. The normalized spacial score (nSPS) is 21.0. The zero-order valence-electron chi connectivity index (χ0n) is 13.8. The summed E-state index contributed by atoms with van der Waals surface area (Å²) in [6, 6.07) is 9.41. The minimum Gasteiger partial charge on any atom is -0.490 e. The van der Waals surface area contributed by atoms with Crippen molar-refractivity contribution < 1.29 is 9.53 Å². The van der Waals surface area contributed by atoms with E-state index in [0.717, 1.165) is 44.5 Å². The molecule has 0 N–H and O–H groups in total. The lowest BCUT2D eigenvalue weighted by Gasteiger charge is -2.37. The quantitative estimate of drug-likeness (QED) is 0.858. The Morgan fingerprint density at radius 2 is 2.00 bits per heavy atom. The smallest absolute Gasteiger partial charge is 0.228 e. The van der Waals surface area contributed by atoms with Crippen molar-refractivity contribution in [2.24, 2.45) is 5.41 Å². The second-order valence-electron chi connectivity index (χ2n) is 7.02. The molecule has 2 aliphatic rings. The first-order valence-electron chi connectivity index (χ1n) is 8.57. The number of likely N-dealkylation sites (tertiary alicyclic amines) is 1. The van der Waals surface area contributed by atoms with E-state index in [4.69, 9.17) is 10.00 Å². The SMILES string of the molecule is CC1(C(=O)N2CCC(Oc3cccc(C#N)c3)CC2)CCCC1. The summed E-state index contributed by atoms with van der Waals surface area (Å²) >= 11 is 0. The lowest BCUT2D eigenvalue weighted by Crippen LogP contribution is -2.47. The van der Waals surface area contributed by atoms with Crippen LogP contribution in [0.15, 0.2) is 24.3 Å². The van der Waals surface area contributed by atoms with Gasteiger partial charge in [0.2, 0.25) is 5.91 Å². The maximum absolute atomic E-state index is 12.7. The molecule has 1 saturated carbocycles. The topological polar surface area (TPSA) is 53.3 Å². The standard InChI is InChI=1S/C19H24N2O2/c1-19(9-2-3-10-19)18(22)21-11-7-16(8-12-21)23-17-6-4-5-15(13-17)14-20/h4-6,13,16H,2-3,7-12H2,1H3. The summed E-state index contributed by atoms with van der Waals surface area (Å²) in [6.07, 6.45) is 6.27. The Hall–Kier alpha value is -2.02. The summed E-state index contributed by atoms with van der Waals surface area (Å²) < 4.78 is 5.99. The minimum absolute atomic E-state index is 0.129. The number of hydrogen-bond acceptors (Lipinski definition) is 3. The predicted molar refractivity (Wildman–Crippen MR) is 88.0 cm³/mol. The second-order valence-corrected chi connectivity index (χ2v) is 7.02. The van der Waals surface area contributed by atoms with Crippen LogP contribution in [0.5, 0.6) is 5.75 Å². The van der Waals surface area contributed by atoms with E-state index in [2.05, 4.69) is 13.0 Å². The van der Waals surface area contributed by atoms with Gasteiger partial charge < -0.3 is 9.64 Å². The number of nitriles is 1. The summed E-state index contributed by atoms with van der Waals surface area (Å²) in [5, 5.41) is 8.94. The summed E-state index contributed by atoms with van der Waals surface area (Å²) in [5.41, 5.74) is 0.485. The third-order valence-electron chi connectivity index (χ3n) is 5.22. The molecular formula is C19H24N2O2. The van der Waals surface area contributed by atoms with E-state index in [1.807, 2.05) is 17.0 Å². The molecule has 0 unspecified atom stereocenters. The molecular weight excluding hydrogens is 288 g/mol. The molecule has 1 aromatic carbocycles. The van der Waals surface area contributed by atoms with Gasteiger partial charge in [-0.15, -0.1) is 0 Å². The van der Waals surface area contributed by atoms with Gasteiger partial charge in [-0.2, -0.15) is 5.26 Å². The van der Waals surface area contributed by atoms with Crippen LogP contribution in [-0.2, 0) is 4.79 Å². The minimum atomic E-state index is -0.130. The molecule has 1 aliphatic heterocycles. The van der Waals surface area contributed by atoms with Crippen LogP contribution in [-0.4, -0.2) is 30.0 Å². The van der Waals surface area contributed by atoms with Crippen molar-refractivity contribution in [1.29, 1.82) is 5.26 Å². The Morgan fingerprint density at radius 1 is 1.30 bits per heavy atom. The fourth-order valence-electron chi connectivity index (χ4n) is 3.76. The zero-order chi connectivity index (χ0) is 16.3. The van der Waals surface area contributed by atoms with Crippen LogP contribution >= 0.6 is 0 Å². The number of nitrogens with zero attached hydrogens (tertiary/aromatic N) is 2. The van der Waals surface area contributed by atoms with Crippen LogP contribution < -0.4 is 4.74 Å². The molecule has 2 fully saturated rings. The lowest BCUT2D eigenvalue weighted by atomic mass is 9.86. The average Bonchev–Trinajstić information content (AvgIpc) is 3.03. The molecule has 0 aromatic heterocycles. The average molecular weight is 312 g/mol. The first-order chi connectivity index (χ1) is 11.1. The van der Waals surface area contributed by atoms with Crippen molar-refractivity contribution in [2.75, 3.05) is 13.1 Å². The van der Waals surface area contributed by atoms with E-state index in [1.165, 1.54) is 12.8 Å². The van der Waals surface area contributed by atoms with Crippen molar-refractivity contribution >= 4 is 5.91 Å². The van der Waals surface area contributed by atoms with Crippen molar-refractivity contribution in [1.82, 2.24) is 4.90 Å².